The van der Waals surface area contributed by atoms with Gasteiger partial charge in [-0.05, 0) is 67.3 Å². The van der Waals surface area contributed by atoms with E-state index in [0.717, 1.165) is 29.2 Å². The van der Waals surface area contributed by atoms with Crippen LogP contribution in [0.2, 0.25) is 0 Å². The van der Waals surface area contributed by atoms with Crippen LogP contribution in [0.15, 0.2) is 60.0 Å². The van der Waals surface area contributed by atoms with Crippen LogP contribution < -0.4 is 10.1 Å². The van der Waals surface area contributed by atoms with Crippen LogP contribution >= 0.6 is 11.8 Å². The summed E-state index contributed by atoms with van der Waals surface area (Å²) in [4.78, 5) is 60.3. The van der Waals surface area contributed by atoms with Crippen molar-refractivity contribution in [1.29, 1.82) is 0 Å². The number of amides is 2. The minimum atomic E-state index is -1.10. The Morgan fingerprint density at radius 1 is 1.12 bits per heavy atom. The third-order valence-electron chi connectivity index (χ3n) is 6.09. The second-order valence-electron chi connectivity index (χ2n) is 9.41. The number of rotatable bonds is 9. The number of nitrogens with zero attached hydrogens (tertiary/aromatic N) is 2. The highest BCUT2D eigenvalue weighted by Crippen LogP contribution is 2.37. The first kappa shape index (κ1) is 29.4. The van der Waals surface area contributed by atoms with Gasteiger partial charge in [0.05, 0.1) is 11.5 Å². The zero-order chi connectivity index (χ0) is 29.7. The van der Waals surface area contributed by atoms with E-state index in [0.29, 0.717) is 23.2 Å². The molecule has 6 rings (SSSR count). The lowest BCUT2D eigenvalue weighted by Crippen LogP contribution is -2.69. The molecular weight excluding hydrogens is 558 g/mol. The second kappa shape index (κ2) is 12.7. The minimum absolute atomic E-state index is 0.134. The third-order valence-corrected chi connectivity index (χ3v) is 7.12. The van der Waals surface area contributed by atoms with Crippen LogP contribution in [0.5, 0.6) is 11.5 Å². The number of non-ortho nitro benzene ring substituents is 1. The summed E-state index contributed by atoms with van der Waals surface area (Å²) in [5, 5.41) is 21.6. The van der Waals surface area contributed by atoms with Gasteiger partial charge in [-0.2, -0.15) is 0 Å². The Kier molecular flexibility index (Phi) is 9.12. The van der Waals surface area contributed by atoms with Crippen molar-refractivity contribution in [3.05, 3.63) is 75.7 Å². The molecule has 2 amide bonds. The Morgan fingerprint density at radius 3 is 2.22 bits per heavy atom. The molecule has 216 valence electrons. The predicted molar refractivity (Wildman–Crippen MR) is 145 cm³/mol. The number of carbonyl (C=O) groups is 4. The van der Waals surface area contributed by atoms with Gasteiger partial charge < -0.3 is 24.6 Å². The van der Waals surface area contributed by atoms with E-state index < -0.39 is 50.9 Å². The van der Waals surface area contributed by atoms with Crippen LogP contribution in [0.25, 0.3) is 0 Å². The maximum atomic E-state index is 12.7. The van der Waals surface area contributed by atoms with Gasteiger partial charge in [-0.1, -0.05) is 6.07 Å². The highest BCUT2D eigenvalue weighted by molar-refractivity contribution is 8.13. The van der Waals surface area contributed by atoms with Crippen LogP contribution in [0, 0.1) is 16.0 Å². The molecule has 4 aliphatic rings. The summed E-state index contributed by atoms with van der Waals surface area (Å²) >= 11 is 0.612. The molecule has 2 unspecified atom stereocenters. The maximum absolute atomic E-state index is 12.7. The molecule has 2 aromatic rings. The fraction of sp³-hybridized carbons (Fsp3) is 0.333. The molecule has 0 spiro atoms. The SMILES string of the molecule is CC(=O)NC1C(=O)N(C(C(=O)OCc2ccc([N+](=O)[O-])cc2)=C(C)O)C1SC(=O)OCC1CC1.c1cc2cc(c1)O2. The van der Waals surface area contributed by atoms with E-state index >= 15 is 0 Å². The number of nitrogens with one attached hydrogen (secondary N) is 1. The monoisotopic (exact) mass is 585 g/mol. The van der Waals surface area contributed by atoms with Crippen molar-refractivity contribution >= 4 is 40.5 Å². The first-order valence-corrected chi connectivity index (χ1v) is 13.4. The summed E-state index contributed by atoms with van der Waals surface area (Å²) in [6, 6.07) is 12.0. The lowest BCUT2D eigenvalue weighted by Gasteiger charge is -2.45. The highest BCUT2D eigenvalue weighted by Gasteiger charge is 2.53. The summed E-state index contributed by atoms with van der Waals surface area (Å²) in [6.45, 7) is 2.34. The Hall–Kier alpha value is -4.59. The van der Waals surface area contributed by atoms with Crippen molar-refractivity contribution in [3.63, 3.8) is 0 Å². The number of benzene rings is 2. The van der Waals surface area contributed by atoms with Gasteiger partial charge in [0.15, 0.2) is 5.70 Å². The molecule has 41 heavy (non-hydrogen) atoms. The van der Waals surface area contributed by atoms with Gasteiger partial charge in [-0.3, -0.25) is 24.6 Å². The number of hydrogen-bond donors (Lipinski definition) is 2. The summed E-state index contributed by atoms with van der Waals surface area (Å²) < 4.78 is 15.4. The Bertz CT molecular complexity index is 1360. The van der Waals surface area contributed by atoms with Gasteiger partial charge in [0.1, 0.15) is 35.3 Å². The molecule has 1 aliphatic carbocycles. The predicted octanol–water partition coefficient (Wildman–Crippen LogP) is 4.17. The van der Waals surface area contributed by atoms with Gasteiger partial charge in [0.2, 0.25) is 5.91 Å². The van der Waals surface area contributed by atoms with Crippen LogP contribution in [0.3, 0.4) is 0 Å². The van der Waals surface area contributed by atoms with Crippen molar-refractivity contribution in [2.75, 3.05) is 6.61 Å². The largest absolute Gasteiger partial charge is 0.510 e. The number of thioether (sulfide) groups is 1. The lowest BCUT2D eigenvalue weighted by atomic mass is 10.1. The van der Waals surface area contributed by atoms with E-state index in [1.54, 1.807) is 0 Å². The Balaban J connectivity index is 0.000000473. The number of β-lactam (4-membered cyclic amide) rings is 1. The number of allylic oxidation sites excluding steroid dienone is 1. The van der Waals surface area contributed by atoms with Gasteiger partial charge in [0.25, 0.3) is 11.6 Å². The Morgan fingerprint density at radius 2 is 1.76 bits per heavy atom. The van der Waals surface area contributed by atoms with E-state index in [1.165, 1.54) is 38.1 Å². The summed E-state index contributed by atoms with van der Waals surface area (Å²) in [7, 11) is 0. The van der Waals surface area contributed by atoms with Crippen molar-refractivity contribution in [1.82, 2.24) is 10.2 Å². The van der Waals surface area contributed by atoms with Crippen LogP contribution in [-0.2, 0) is 30.5 Å². The minimum Gasteiger partial charge on any atom is -0.510 e. The van der Waals surface area contributed by atoms with Gasteiger partial charge in [0, 0.05) is 25.1 Å². The van der Waals surface area contributed by atoms with Crippen LogP contribution in [0.4, 0.5) is 10.5 Å². The molecule has 0 aromatic heterocycles. The fourth-order valence-corrected chi connectivity index (χ4v) is 4.78. The average molecular weight is 586 g/mol. The van der Waals surface area contributed by atoms with Crippen molar-refractivity contribution in [3.8, 4) is 11.5 Å². The van der Waals surface area contributed by atoms with E-state index in [9.17, 15) is 34.4 Å². The van der Waals surface area contributed by atoms with Crippen molar-refractivity contribution < 1.29 is 43.4 Å². The Labute approximate surface area is 238 Å². The smallest absolute Gasteiger partial charge is 0.369 e. The highest BCUT2D eigenvalue weighted by atomic mass is 32.2. The molecule has 2 bridgehead atoms. The van der Waals surface area contributed by atoms with Crippen molar-refractivity contribution in [2.24, 2.45) is 5.92 Å². The number of nitro benzene ring substituents is 1. The number of nitro groups is 1. The normalized spacial score (nSPS) is 18.7. The summed E-state index contributed by atoms with van der Waals surface area (Å²) in [5.74, 6) is -0.514. The molecule has 2 aromatic carbocycles. The molecule has 2 N–H and O–H groups in total. The molecule has 2 fully saturated rings. The third kappa shape index (κ3) is 7.54. The zero-order valence-electron chi connectivity index (χ0n) is 22.1. The number of aliphatic hydroxyl groups is 1. The average Bonchev–Trinajstić information content (AvgIpc) is 3.76. The standard InChI is InChI=1S/C21H23N3O9S.C6H4O/c1-11(25)17(20(28)32-9-14-5-7-15(8-6-14)24(30)31)23-18(27)16(22-12(2)26)19(23)34-21(29)33-10-13-3-4-13;1-2-5-4-6(3-1)7-5/h5-8,13,16,19,25H,3-4,9-10H2,1-2H3,(H,22,26);1-4H. The molecular formula is C27H27N3O10S. The van der Waals surface area contributed by atoms with E-state index in [-0.39, 0.29) is 18.9 Å². The number of likely N-dealkylation sites (tertiary alicyclic amines) is 1. The second-order valence-corrected chi connectivity index (χ2v) is 10.5. The molecule has 14 heteroatoms. The first-order valence-electron chi connectivity index (χ1n) is 12.5. The quantitative estimate of drug-likeness (QED) is 0.0921. The van der Waals surface area contributed by atoms with E-state index in [1.807, 2.05) is 24.3 Å². The number of carbonyl (C=O) groups excluding carboxylic acids is 4. The molecule has 1 saturated heterocycles. The topological polar surface area (TPSA) is 175 Å². The molecule has 1 saturated carbocycles. The first-order chi connectivity index (χ1) is 19.5. The number of fused-ring (bicyclic) bond motifs is 2. The molecule has 2 atom stereocenters. The fourth-order valence-electron chi connectivity index (χ4n) is 3.81. The summed E-state index contributed by atoms with van der Waals surface area (Å²) in [6.07, 6.45) is 1.94. The number of ether oxygens (including phenoxy) is 3. The molecule has 3 heterocycles. The van der Waals surface area contributed by atoms with Gasteiger partial charge in [-0.25, -0.2) is 9.59 Å². The maximum Gasteiger partial charge on any atom is 0.369 e. The number of aliphatic hydroxyl groups excluding tert-OH is 1. The number of esters is 1. The molecule has 13 nitrogen and oxygen atoms in total. The number of hydrogen-bond acceptors (Lipinski definition) is 11. The lowest BCUT2D eigenvalue weighted by molar-refractivity contribution is -0.384. The van der Waals surface area contributed by atoms with Gasteiger partial charge >= 0.3 is 11.3 Å². The van der Waals surface area contributed by atoms with E-state index in [2.05, 4.69) is 5.32 Å². The molecule has 3 aliphatic heterocycles. The van der Waals surface area contributed by atoms with E-state index in [4.69, 9.17) is 14.2 Å². The van der Waals surface area contributed by atoms with Gasteiger partial charge in [-0.15, -0.1) is 0 Å². The van der Waals surface area contributed by atoms with Crippen LogP contribution in [0.1, 0.15) is 32.3 Å². The van der Waals surface area contributed by atoms with Crippen LogP contribution in [-0.4, -0.2) is 56.0 Å². The van der Waals surface area contributed by atoms with Crippen molar-refractivity contribution in [2.45, 2.75) is 44.7 Å². The molecule has 0 radical (unpaired) electrons. The summed E-state index contributed by atoms with van der Waals surface area (Å²) in [5.41, 5.74) is -0.180. The zero-order valence-corrected chi connectivity index (χ0v) is 22.9.